The van der Waals surface area contributed by atoms with Crippen LogP contribution in [0.2, 0.25) is 0 Å². The first-order valence-corrected chi connectivity index (χ1v) is 7.35. The van der Waals surface area contributed by atoms with Crippen molar-refractivity contribution in [2.45, 2.75) is 6.61 Å². The Morgan fingerprint density at radius 1 is 0.960 bits per heavy atom. The summed E-state index contributed by atoms with van der Waals surface area (Å²) in [7, 11) is 3.03. The lowest BCUT2D eigenvalue weighted by molar-refractivity contribution is 0.281. The standard InChI is InChI=1S/C18H15F2NO4/c1-23-12-5-11(6-13(8-12)24-2)17-14(9-22)18(25-21-17)10-3-4-15(19)16(20)7-10/h3-8,22H,9H2,1-2H3. The van der Waals surface area contributed by atoms with E-state index in [1.54, 1.807) is 18.2 Å². The number of nitrogens with zero attached hydrogens (tertiary/aromatic N) is 1. The molecule has 0 unspecified atom stereocenters. The number of methoxy groups -OCH3 is 2. The van der Waals surface area contributed by atoms with Crippen LogP contribution in [-0.2, 0) is 6.61 Å². The van der Waals surface area contributed by atoms with Gasteiger partial charge in [-0.1, -0.05) is 5.16 Å². The highest BCUT2D eigenvalue weighted by molar-refractivity contribution is 5.74. The number of aromatic nitrogens is 1. The average molecular weight is 347 g/mol. The highest BCUT2D eigenvalue weighted by Gasteiger charge is 2.20. The number of aliphatic hydroxyl groups excluding tert-OH is 1. The molecule has 0 bridgehead atoms. The highest BCUT2D eigenvalue weighted by Crippen LogP contribution is 2.36. The first kappa shape index (κ1) is 16.9. The third kappa shape index (κ3) is 3.18. The van der Waals surface area contributed by atoms with E-state index >= 15 is 0 Å². The Labute approximate surface area is 142 Å². The molecule has 3 rings (SSSR count). The van der Waals surface area contributed by atoms with Gasteiger partial charge >= 0.3 is 0 Å². The van der Waals surface area contributed by atoms with Gasteiger partial charge in [0.15, 0.2) is 17.4 Å². The number of hydrogen-bond donors (Lipinski definition) is 1. The highest BCUT2D eigenvalue weighted by atomic mass is 19.2. The Kier molecular flexibility index (Phi) is 4.67. The van der Waals surface area contributed by atoms with Gasteiger partial charge in [0.25, 0.3) is 0 Å². The number of aliphatic hydroxyl groups is 1. The molecule has 0 aliphatic carbocycles. The summed E-state index contributed by atoms with van der Waals surface area (Å²) in [6.45, 7) is -0.396. The fraction of sp³-hybridized carbons (Fsp3) is 0.167. The number of ether oxygens (including phenoxy) is 2. The molecule has 0 fully saturated rings. The maximum atomic E-state index is 13.5. The van der Waals surface area contributed by atoms with E-state index in [1.165, 1.54) is 20.3 Å². The van der Waals surface area contributed by atoms with Crippen LogP contribution in [0, 0.1) is 11.6 Å². The molecule has 0 radical (unpaired) electrons. The predicted octanol–water partition coefficient (Wildman–Crippen LogP) is 3.80. The Balaban J connectivity index is 2.13. The van der Waals surface area contributed by atoms with Gasteiger partial charge in [0, 0.05) is 17.2 Å². The average Bonchev–Trinajstić information content (AvgIpc) is 3.07. The minimum absolute atomic E-state index is 0.165. The lowest BCUT2D eigenvalue weighted by atomic mass is 10.0. The normalized spacial score (nSPS) is 10.8. The van der Waals surface area contributed by atoms with E-state index < -0.39 is 18.2 Å². The van der Waals surface area contributed by atoms with Crippen molar-refractivity contribution >= 4 is 0 Å². The molecule has 0 saturated carbocycles. The molecule has 0 atom stereocenters. The zero-order valence-electron chi connectivity index (χ0n) is 13.5. The molecule has 0 aliphatic heterocycles. The van der Waals surface area contributed by atoms with Crippen LogP contribution in [-0.4, -0.2) is 24.5 Å². The SMILES string of the molecule is COc1cc(OC)cc(-c2noc(-c3ccc(F)c(F)c3)c2CO)c1. The van der Waals surface area contributed by atoms with Gasteiger partial charge in [-0.2, -0.15) is 0 Å². The molecule has 1 aromatic heterocycles. The molecule has 0 amide bonds. The Morgan fingerprint density at radius 2 is 1.64 bits per heavy atom. The first-order valence-electron chi connectivity index (χ1n) is 7.35. The second-order valence-electron chi connectivity index (χ2n) is 5.23. The van der Waals surface area contributed by atoms with E-state index in [2.05, 4.69) is 5.16 Å². The van der Waals surface area contributed by atoms with Crippen LogP contribution in [0.25, 0.3) is 22.6 Å². The van der Waals surface area contributed by atoms with Crippen molar-refractivity contribution in [1.29, 1.82) is 0 Å². The van der Waals surface area contributed by atoms with Gasteiger partial charge in [-0.05, 0) is 30.3 Å². The van der Waals surface area contributed by atoms with Gasteiger partial charge < -0.3 is 19.1 Å². The number of halogens is 2. The van der Waals surface area contributed by atoms with Gasteiger partial charge in [0.2, 0.25) is 0 Å². The molecule has 2 aromatic carbocycles. The van der Waals surface area contributed by atoms with Crippen LogP contribution >= 0.6 is 0 Å². The molecule has 130 valence electrons. The minimum Gasteiger partial charge on any atom is -0.497 e. The molecule has 25 heavy (non-hydrogen) atoms. The molecule has 3 aromatic rings. The molecule has 0 saturated heterocycles. The largest absolute Gasteiger partial charge is 0.497 e. The fourth-order valence-electron chi connectivity index (χ4n) is 2.49. The Hall–Kier alpha value is -2.93. The van der Waals surface area contributed by atoms with Crippen molar-refractivity contribution in [3.05, 3.63) is 53.6 Å². The van der Waals surface area contributed by atoms with E-state index in [0.29, 0.717) is 28.3 Å². The quantitative estimate of drug-likeness (QED) is 0.761. The second kappa shape index (κ2) is 6.90. The number of hydrogen-bond acceptors (Lipinski definition) is 5. The smallest absolute Gasteiger partial charge is 0.173 e. The molecule has 5 nitrogen and oxygen atoms in total. The molecule has 0 spiro atoms. The summed E-state index contributed by atoms with van der Waals surface area (Å²) in [5.74, 6) is -0.738. The monoisotopic (exact) mass is 347 g/mol. The summed E-state index contributed by atoms with van der Waals surface area (Å²) >= 11 is 0. The summed E-state index contributed by atoms with van der Waals surface area (Å²) in [6, 6.07) is 8.43. The van der Waals surface area contributed by atoms with Gasteiger partial charge in [0.05, 0.1) is 26.4 Å². The van der Waals surface area contributed by atoms with Crippen molar-refractivity contribution in [2.24, 2.45) is 0 Å². The molecule has 1 heterocycles. The topological polar surface area (TPSA) is 64.7 Å². The van der Waals surface area contributed by atoms with Crippen molar-refractivity contribution in [3.8, 4) is 34.1 Å². The van der Waals surface area contributed by atoms with E-state index in [4.69, 9.17) is 14.0 Å². The molecule has 1 N–H and O–H groups in total. The third-order valence-corrected chi connectivity index (χ3v) is 3.75. The Morgan fingerprint density at radius 3 is 2.20 bits per heavy atom. The first-order chi connectivity index (χ1) is 12.1. The summed E-state index contributed by atoms with van der Waals surface area (Å²) in [4.78, 5) is 0. The molecule has 0 aliphatic rings. The zero-order valence-corrected chi connectivity index (χ0v) is 13.5. The van der Waals surface area contributed by atoms with Crippen molar-refractivity contribution < 1.29 is 27.9 Å². The zero-order chi connectivity index (χ0) is 18.0. The van der Waals surface area contributed by atoms with Crippen LogP contribution < -0.4 is 9.47 Å². The Bertz CT molecular complexity index is 886. The predicted molar refractivity (Wildman–Crippen MR) is 86.3 cm³/mol. The molecule has 7 heteroatoms. The van der Waals surface area contributed by atoms with E-state index in [9.17, 15) is 13.9 Å². The summed E-state index contributed by atoms with van der Waals surface area (Å²) in [5.41, 5.74) is 1.58. The van der Waals surface area contributed by atoms with Gasteiger partial charge in [-0.3, -0.25) is 0 Å². The fourth-order valence-corrected chi connectivity index (χ4v) is 2.49. The van der Waals surface area contributed by atoms with Crippen LogP contribution in [0.5, 0.6) is 11.5 Å². The summed E-state index contributed by atoms with van der Waals surface area (Å²) < 4.78 is 42.4. The van der Waals surface area contributed by atoms with Crippen molar-refractivity contribution in [2.75, 3.05) is 14.2 Å². The van der Waals surface area contributed by atoms with Crippen molar-refractivity contribution in [1.82, 2.24) is 5.16 Å². The van der Waals surface area contributed by atoms with Gasteiger partial charge in [-0.15, -0.1) is 0 Å². The van der Waals surface area contributed by atoms with E-state index in [0.717, 1.165) is 12.1 Å². The van der Waals surface area contributed by atoms with Crippen LogP contribution in [0.4, 0.5) is 8.78 Å². The number of rotatable bonds is 5. The summed E-state index contributed by atoms with van der Waals surface area (Å²) in [5, 5.41) is 13.7. The maximum Gasteiger partial charge on any atom is 0.173 e. The van der Waals surface area contributed by atoms with Crippen molar-refractivity contribution in [3.63, 3.8) is 0 Å². The van der Waals surface area contributed by atoms with Gasteiger partial charge in [0.1, 0.15) is 17.2 Å². The van der Waals surface area contributed by atoms with E-state index in [1.807, 2.05) is 0 Å². The maximum absolute atomic E-state index is 13.5. The van der Waals surface area contributed by atoms with Crippen LogP contribution in [0.15, 0.2) is 40.9 Å². The van der Waals surface area contributed by atoms with E-state index in [-0.39, 0.29) is 11.3 Å². The van der Waals surface area contributed by atoms with Gasteiger partial charge in [-0.25, -0.2) is 8.78 Å². The second-order valence-corrected chi connectivity index (χ2v) is 5.23. The summed E-state index contributed by atoms with van der Waals surface area (Å²) in [6.07, 6.45) is 0. The number of benzene rings is 2. The third-order valence-electron chi connectivity index (χ3n) is 3.75. The molecular weight excluding hydrogens is 332 g/mol. The lowest BCUT2D eigenvalue weighted by Crippen LogP contribution is -1.93. The van der Waals surface area contributed by atoms with Crippen LogP contribution in [0.3, 0.4) is 0 Å². The van der Waals surface area contributed by atoms with Crippen LogP contribution in [0.1, 0.15) is 5.56 Å². The minimum atomic E-state index is -1.01. The lowest BCUT2D eigenvalue weighted by Gasteiger charge is -2.07. The molecular formula is C18H15F2NO4.